The standard InChI is InChI=1S/C16H15N3O/c1-10-13(16(17)20)5-7-18-15(10)12-3-4-14-11(9-12)6-8-19(14)2/h3-9H,1-2H3,(H2,17,20). The smallest absolute Gasteiger partial charge is 0.249 e. The number of hydrogen-bond acceptors (Lipinski definition) is 2. The third-order valence-corrected chi connectivity index (χ3v) is 3.63. The zero-order valence-electron chi connectivity index (χ0n) is 11.4. The predicted octanol–water partition coefficient (Wildman–Crippen LogP) is 2.65. The summed E-state index contributed by atoms with van der Waals surface area (Å²) in [5.74, 6) is -0.424. The normalized spacial score (nSPS) is 10.9. The second-order valence-electron chi connectivity index (χ2n) is 4.90. The highest BCUT2D eigenvalue weighted by molar-refractivity contribution is 5.96. The molecular weight excluding hydrogens is 250 g/mol. The highest BCUT2D eigenvalue weighted by atomic mass is 16.1. The molecule has 4 nitrogen and oxygen atoms in total. The van der Waals surface area contributed by atoms with Gasteiger partial charge in [-0.3, -0.25) is 9.78 Å². The molecule has 100 valence electrons. The first-order valence-corrected chi connectivity index (χ1v) is 6.39. The van der Waals surface area contributed by atoms with E-state index in [0.29, 0.717) is 5.56 Å². The minimum absolute atomic E-state index is 0.424. The van der Waals surface area contributed by atoms with Crippen LogP contribution >= 0.6 is 0 Å². The summed E-state index contributed by atoms with van der Waals surface area (Å²) < 4.78 is 2.07. The Morgan fingerprint density at radius 3 is 2.80 bits per heavy atom. The van der Waals surface area contributed by atoms with Crippen LogP contribution in [0.2, 0.25) is 0 Å². The summed E-state index contributed by atoms with van der Waals surface area (Å²) in [7, 11) is 2.01. The van der Waals surface area contributed by atoms with E-state index in [1.807, 2.05) is 26.2 Å². The molecule has 0 unspecified atom stereocenters. The van der Waals surface area contributed by atoms with Crippen molar-refractivity contribution in [2.75, 3.05) is 0 Å². The summed E-state index contributed by atoms with van der Waals surface area (Å²) in [6, 6.07) is 9.87. The van der Waals surface area contributed by atoms with Crippen LogP contribution in [-0.2, 0) is 7.05 Å². The lowest BCUT2D eigenvalue weighted by molar-refractivity contribution is 0.0999. The fraction of sp³-hybridized carbons (Fsp3) is 0.125. The molecule has 2 heterocycles. The average molecular weight is 265 g/mol. The van der Waals surface area contributed by atoms with E-state index in [2.05, 4.69) is 27.8 Å². The maximum atomic E-state index is 11.4. The number of nitrogens with zero attached hydrogens (tertiary/aromatic N) is 2. The van der Waals surface area contributed by atoms with Crippen LogP contribution in [0, 0.1) is 6.92 Å². The number of fused-ring (bicyclic) bond motifs is 1. The zero-order valence-corrected chi connectivity index (χ0v) is 11.4. The number of amides is 1. The SMILES string of the molecule is Cc1c(C(N)=O)ccnc1-c1ccc2c(ccn2C)c1. The van der Waals surface area contributed by atoms with Crippen LogP contribution in [0.1, 0.15) is 15.9 Å². The minimum atomic E-state index is -0.424. The molecule has 3 aromatic rings. The molecule has 0 bridgehead atoms. The Labute approximate surface area is 116 Å². The number of aromatic nitrogens is 2. The lowest BCUT2D eigenvalue weighted by Gasteiger charge is -2.08. The molecule has 0 aliphatic heterocycles. The molecule has 4 heteroatoms. The van der Waals surface area contributed by atoms with Gasteiger partial charge in [-0.1, -0.05) is 6.07 Å². The number of nitrogens with two attached hydrogens (primary N) is 1. The van der Waals surface area contributed by atoms with Crippen molar-refractivity contribution in [3.05, 3.63) is 53.9 Å². The highest BCUT2D eigenvalue weighted by Crippen LogP contribution is 2.27. The number of carbonyl (C=O) groups excluding carboxylic acids is 1. The van der Waals surface area contributed by atoms with Crippen molar-refractivity contribution in [3.8, 4) is 11.3 Å². The van der Waals surface area contributed by atoms with Gasteiger partial charge in [0.15, 0.2) is 0 Å². The van der Waals surface area contributed by atoms with E-state index in [1.54, 1.807) is 12.3 Å². The lowest BCUT2D eigenvalue weighted by Crippen LogP contribution is -2.13. The van der Waals surface area contributed by atoms with E-state index in [4.69, 9.17) is 5.73 Å². The van der Waals surface area contributed by atoms with E-state index < -0.39 is 5.91 Å². The Kier molecular flexibility index (Phi) is 2.79. The van der Waals surface area contributed by atoms with Crippen LogP contribution in [0.5, 0.6) is 0 Å². The molecule has 1 aromatic carbocycles. The number of hydrogen-bond donors (Lipinski definition) is 1. The highest BCUT2D eigenvalue weighted by Gasteiger charge is 2.12. The summed E-state index contributed by atoms with van der Waals surface area (Å²) in [6.07, 6.45) is 3.65. The molecule has 0 aliphatic carbocycles. The second-order valence-corrected chi connectivity index (χ2v) is 4.90. The molecule has 3 rings (SSSR count). The van der Waals surface area contributed by atoms with Gasteiger partial charge >= 0.3 is 0 Å². The predicted molar refractivity (Wildman–Crippen MR) is 79.4 cm³/mol. The largest absolute Gasteiger partial charge is 0.366 e. The number of primary amides is 1. The Bertz CT molecular complexity index is 818. The van der Waals surface area contributed by atoms with Crippen molar-refractivity contribution in [1.82, 2.24) is 9.55 Å². The lowest BCUT2D eigenvalue weighted by atomic mass is 10.0. The van der Waals surface area contributed by atoms with Crippen molar-refractivity contribution >= 4 is 16.8 Å². The van der Waals surface area contributed by atoms with Crippen molar-refractivity contribution in [1.29, 1.82) is 0 Å². The Balaban J connectivity index is 2.20. The zero-order chi connectivity index (χ0) is 14.3. The summed E-state index contributed by atoms with van der Waals surface area (Å²) in [5.41, 5.74) is 9.67. The molecular formula is C16H15N3O. The maximum Gasteiger partial charge on any atom is 0.249 e. The van der Waals surface area contributed by atoms with Gasteiger partial charge in [0.1, 0.15) is 0 Å². The summed E-state index contributed by atoms with van der Waals surface area (Å²) in [4.78, 5) is 15.8. The van der Waals surface area contributed by atoms with E-state index in [-0.39, 0.29) is 0 Å². The monoisotopic (exact) mass is 265 g/mol. The third-order valence-electron chi connectivity index (χ3n) is 3.63. The first-order valence-electron chi connectivity index (χ1n) is 6.39. The Morgan fingerprint density at radius 1 is 1.25 bits per heavy atom. The molecule has 0 radical (unpaired) electrons. The van der Waals surface area contributed by atoms with Gasteiger partial charge in [-0.15, -0.1) is 0 Å². The van der Waals surface area contributed by atoms with Crippen molar-refractivity contribution < 1.29 is 4.79 Å². The molecule has 0 saturated heterocycles. The maximum absolute atomic E-state index is 11.4. The molecule has 0 fully saturated rings. The van der Waals surface area contributed by atoms with Gasteiger partial charge in [0, 0.05) is 41.5 Å². The van der Waals surface area contributed by atoms with Gasteiger partial charge in [0.25, 0.3) is 0 Å². The van der Waals surface area contributed by atoms with Crippen LogP contribution < -0.4 is 5.73 Å². The summed E-state index contributed by atoms with van der Waals surface area (Å²) in [5, 5.41) is 1.15. The van der Waals surface area contributed by atoms with E-state index in [0.717, 1.165) is 27.7 Å². The Hall–Kier alpha value is -2.62. The van der Waals surface area contributed by atoms with Gasteiger partial charge in [0.05, 0.1) is 5.69 Å². The molecule has 0 atom stereocenters. The van der Waals surface area contributed by atoms with E-state index >= 15 is 0 Å². The molecule has 1 amide bonds. The molecule has 2 N–H and O–H groups in total. The average Bonchev–Trinajstić information content (AvgIpc) is 2.80. The number of carbonyl (C=O) groups is 1. The van der Waals surface area contributed by atoms with Crippen LogP contribution in [0.4, 0.5) is 0 Å². The number of pyridine rings is 1. The molecule has 0 spiro atoms. The summed E-state index contributed by atoms with van der Waals surface area (Å²) in [6.45, 7) is 1.87. The first kappa shape index (κ1) is 12.4. The van der Waals surface area contributed by atoms with E-state index in [1.165, 1.54) is 0 Å². The van der Waals surface area contributed by atoms with Crippen molar-refractivity contribution in [2.24, 2.45) is 12.8 Å². The fourth-order valence-electron chi connectivity index (χ4n) is 2.52. The molecule has 20 heavy (non-hydrogen) atoms. The van der Waals surface area contributed by atoms with Crippen LogP contribution in [0.25, 0.3) is 22.2 Å². The van der Waals surface area contributed by atoms with Crippen LogP contribution in [0.3, 0.4) is 0 Å². The topological polar surface area (TPSA) is 60.9 Å². The second kappa shape index (κ2) is 4.49. The minimum Gasteiger partial charge on any atom is -0.366 e. The Morgan fingerprint density at radius 2 is 2.05 bits per heavy atom. The fourth-order valence-corrected chi connectivity index (χ4v) is 2.52. The van der Waals surface area contributed by atoms with E-state index in [9.17, 15) is 4.79 Å². The summed E-state index contributed by atoms with van der Waals surface area (Å²) >= 11 is 0. The van der Waals surface area contributed by atoms with Crippen molar-refractivity contribution in [2.45, 2.75) is 6.92 Å². The van der Waals surface area contributed by atoms with Gasteiger partial charge in [0.2, 0.25) is 5.91 Å². The van der Waals surface area contributed by atoms with Crippen LogP contribution in [0.15, 0.2) is 42.7 Å². The number of rotatable bonds is 2. The van der Waals surface area contributed by atoms with Gasteiger partial charge in [-0.05, 0) is 36.8 Å². The first-order chi connectivity index (χ1) is 9.58. The molecule has 0 saturated carbocycles. The van der Waals surface area contributed by atoms with Crippen molar-refractivity contribution in [3.63, 3.8) is 0 Å². The van der Waals surface area contributed by atoms with Gasteiger partial charge in [-0.25, -0.2) is 0 Å². The van der Waals surface area contributed by atoms with Gasteiger partial charge < -0.3 is 10.3 Å². The quantitative estimate of drug-likeness (QED) is 0.774. The number of benzene rings is 1. The molecule has 0 aliphatic rings. The third kappa shape index (κ3) is 1.86. The molecule has 2 aromatic heterocycles. The van der Waals surface area contributed by atoms with Crippen LogP contribution in [-0.4, -0.2) is 15.5 Å². The van der Waals surface area contributed by atoms with Gasteiger partial charge in [-0.2, -0.15) is 0 Å². The number of aryl methyl sites for hydroxylation is 1.